The third-order valence-electron chi connectivity index (χ3n) is 6.08. The number of aryl methyl sites for hydroxylation is 1. The normalized spacial score (nSPS) is 18.9. The molecule has 3 N–H and O–H groups in total. The molecular weight excluding hydrogens is 488 g/mol. The molecule has 8 nitrogen and oxygen atoms in total. The van der Waals surface area contributed by atoms with Crippen molar-refractivity contribution in [2.45, 2.75) is 58.7 Å². The number of nitrogens with zero attached hydrogens (tertiary/aromatic N) is 2. The molecule has 1 aliphatic rings. The highest BCUT2D eigenvalue weighted by Crippen LogP contribution is 2.28. The van der Waals surface area contributed by atoms with Crippen LogP contribution in [-0.4, -0.2) is 69.9 Å². The quantitative estimate of drug-likeness (QED) is 0.463. The molecule has 2 aromatic rings. The van der Waals surface area contributed by atoms with Gasteiger partial charge in [-0.05, 0) is 29.9 Å². The molecule has 0 bridgehead atoms. The number of hydrogen-bond acceptors (Lipinski definition) is 6. The summed E-state index contributed by atoms with van der Waals surface area (Å²) in [5.41, 5.74) is 4.42. The van der Waals surface area contributed by atoms with Gasteiger partial charge in [0.2, 0.25) is 17.7 Å². The van der Waals surface area contributed by atoms with Gasteiger partial charge in [-0.15, -0.1) is 22.9 Å². The molecule has 3 rings (SSSR count). The maximum atomic E-state index is 13.3. The number of benzene rings is 1. The number of aromatic nitrogens is 1. The van der Waals surface area contributed by atoms with E-state index in [1.54, 1.807) is 11.3 Å². The molecule has 3 amide bonds. The number of β-amino-alcohol motifs (C(OH)–C–C–N with tert-alkyl or cyclic N) is 1. The smallest absolute Gasteiger partial charge is 0.246 e. The van der Waals surface area contributed by atoms with Gasteiger partial charge in [-0.1, -0.05) is 45.0 Å². The predicted octanol–water partition coefficient (Wildman–Crippen LogP) is 2.51. The van der Waals surface area contributed by atoms with Gasteiger partial charge in [0.25, 0.3) is 0 Å². The summed E-state index contributed by atoms with van der Waals surface area (Å²) in [6, 6.07) is 6.49. The maximum Gasteiger partial charge on any atom is 0.246 e. The summed E-state index contributed by atoms with van der Waals surface area (Å²) in [5, 5.41) is 15.8. The summed E-state index contributed by atoms with van der Waals surface area (Å²) < 4.78 is 0. The lowest BCUT2D eigenvalue weighted by molar-refractivity contribution is -0.143. The summed E-state index contributed by atoms with van der Waals surface area (Å²) in [5.74, 6) is -1.45. The number of thiazole rings is 1. The van der Waals surface area contributed by atoms with Crippen LogP contribution in [0.3, 0.4) is 0 Å². The zero-order chi connectivity index (χ0) is 25.8. The third kappa shape index (κ3) is 6.80. The van der Waals surface area contributed by atoms with Gasteiger partial charge in [0, 0.05) is 19.5 Å². The van der Waals surface area contributed by atoms with Crippen molar-refractivity contribution in [2.24, 2.45) is 5.41 Å². The number of nitrogens with one attached hydrogen (secondary N) is 2. The Kier molecular flexibility index (Phi) is 8.90. The van der Waals surface area contributed by atoms with Crippen molar-refractivity contribution < 1.29 is 19.5 Å². The van der Waals surface area contributed by atoms with E-state index in [0.29, 0.717) is 13.0 Å². The molecule has 0 spiro atoms. The number of aliphatic hydroxyl groups excluding tert-OH is 1. The Hall–Kier alpha value is -2.49. The molecule has 1 aromatic carbocycles. The molecule has 1 aliphatic heterocycles. The fourth-order valence-corrected chi connectivity index (χ4v) is 5.06. The van der Waals surface area contributed by atoms with Gasteiger partial charge in [0.05, 0.1) is 22.2 Å². The second kappa shape index (κ2) is 11.5. The molecule has 0 aliphatic carbocycles. The van der Waals surface area contributed by atoms with Crippen LogP contribution in [0.4, 0.5) is 0 Å². The number of halogens is 1. The SMILES string of the molecule is Cc1ncsc1-c1ccc(CCNC(=O)[C@@H]2C[C@H](O)CN2C(=O)[C@@H](NC(=O)CCl)C(C)(C)C)cc1. The predicted molar refractivity (Wildman–Crippen MR) is 137 cm³/mol. The van der Waals surface area contributed by atoms with Crippen LogP contribution in [0.2, 0.25) is 0 Å². The molecule has 190 valence electrons. The lowest BCUT2D eigenvalue weighted by atomic mass is 9.85. The van der Waals surface area contributed by atoms with E-state index in [-0.39, 0.29) is 24.8 Å². The number of aliphatic hydroxyl groups is 1. The van der Waals surface area contributed by atoms with E-state index >= 15 is 0 Å². The van der Waals surface area contributed by atoms with Gasteiger partial charge in [-0.2, -0.15) is 0 Å². The Labute approximate surface area is 215 Å². The molecule has 0 radical (unpaired) electrons. The number of rotatable bonds is 8. The topological polar surface area (TPSA) is 112 Å². The fourth-order valence-electron chi connectivity index (χ4n) is 4.17. The van der Waals surface area contributed by atoms with E-state index in [9.17, 15) is 19.5 Å². The number of carbonyl (C=O) groups excluding carboxylic acids is 3. The van der Waals surface area contributed by atoms with Crippen molar-refractivity contribution >= 4 is 40.7 Å². The maximum absolute atomic E-state index is 13.3. The molecule has 1 aromatic heterocycles. The first-order valence-electron chi connectivity index (χ1n) is 11.6. The molecule has 10 heteroatoms. The molecule has 0 saturated carbocycles. The minimum absolute atomic E-state index is 0.0404. The van der Waals surface area contributed by atoms with E-state index in [4.69, 9.17) is 11.6 Å². The summed E-state index contributed by atoms with van der Waals surface area (Å²) in [6.45, 7) is 7.91. The molecule has 0 unspecified atom stereocenters. The monoisotopic (exact) mass is 520 g/mol. The highest BCUT2D eigenvalue weighted by atomic mass is 35.5. The summed E-state index contributed by atoms with van der Waals surface area (Å²) in [7, 11) is 0. The largest absolute Gasteiger partial charge is 0.391 e. The lowest BCUT2D eigenvalue weighted by Crippen LogP contribution is -2.58. The van der Waals surface area contributed by atoms with Gasteiger partial charge >= 0.3 is 0 Å². The number of likely N-dealkylation sites (tertiary alicyclic amines) is 1. The van der Waals surface area contributed by atoms with E-state index in [0.717, 1.165) is 21.7 Å². The second-order valence-corrected chi connectivity index (χ2v) is 11.0. The van der Waals surface area contributed by atoms with Crippen molar-refractivity contribution in [3.63, 3.8) is 0 Å². The van der Waals surface area contributed by atoms with Crippen LogP contribution in [0.1, 0.15) is 38.4 Å². The minimum atomic E-state index is -0.866. The first-order chi connectivity index (χ1) is 16.5. The van der Waals surface area contributed by atoms with E-state index in [1.807, 2.05) is 57.5 Å². The third-order valence-corrected chi connectivity index (χ3v) is 7.30. The Morgan fingerprint density at radius 1 is 1.26 bits per heavy atom. The number of amides is 3. The van der Waals surface area contributed by atoms with Gasteiger partial charge in [-0.25, -0.2) is 4.98 Å². The molecule has 35 heavy (non-hydrogen) atoms. The van der Waals surface area contributed by atoms with E-state index in [2.05, 4.69) is 15.6 Å². The van der Waals surface area contributed by atoms with Crippen LogP contribution in [0, 0.1) is 12.3 Å². The number of alkyl halides is 1. The molecule has 3 atom stereocenters. The highest BCUT2D eigenvalue weighted by Gasteiger charge is 2.44. The molecular formula is C25H33ClN4O4S. The van der Waals surface area contributed by atoms with E-state index < -0.39 is 35.4 Å². The van der Waals surface area contributed by atoms with Gasteiger partial charge < -0.3 is 20.6 Å². The molecule has 1 fully saturated rings. The van der Waals surface area contributed by atoms with Gasteiger partial charge in [-0.3, -0.25) is 14.4 Å². The highest BCUT2D eigenvalue weighted by molar-refractivity contribution is 7.13. The Balaban J connectivity index is 1.61. The van der Waals surface area contributed by atoms with Crippen LogP contribution in [0.5, 0.6) is 0 Å². The standard InChI is InChI=1S/C25H33ClN4O4S/c1-15-21(35-14-28-15)17-7-5-16(6-8-17)9-10-27-23(33)19-11-18(31)13-30(19)24(34)22(25(2,3)4)29-20(32)12-26/h5-8,14,18-19,22,31H,9-13H2,1-4H3,(H,27,33)(H,29,32)/t18-,19-,22+/m0/s1. The van der Waals surface area contributed by atoms with Crippen molar-refractivity contribution in [3.05, 3.63) is 41.0 Å². The number of hydrogen-bond donors (Lipinski definition) is 3. The summed E-state index contributed by atoms with van der Waals surface area (Å²) >= 11 is 7.22. The zero-order valence-corrected chi connectivity index (χ0v) is 22.1. The average Bonchev–Trinajstić information content (AvgIpc) is 3.42. The van der Waals surface area contributed by atoms with Gasteiger partial charge in [0.15, 0.2) is 0 Å². The Morgan fingerprint density at radius 2 is 1.94 bits per heavy atom. The summed E-state index contributed by atoms with van der Waals surface area (Å²) in [4.78, 5) is 45.0. The second-order valence-electron chi connectivity index (χ2n) is 9.90. The van der Waals surface area contributed by atoms with Crippen LogP contribution in [0.15, 0.2) is 29.8 Å². The lowest BCUT2D eigenvalue weighted by Gasteiger charge is -2.35. The first kappa shape index (κ1) is 27.1. The zero-order valence-electron chi connectivity index (χ0n) is 20.5. The Morgan fingerprint density at radius 3 is 2.51 bits per heavy atom. The van der Waals surface area contributed by atoms with Crippen LogP contribution >= 0.6 is 22.9 Å². The number of carbonyl (C=O) groups is 3. The minimum Gasteiger partial charge on any atom is -0.391 e. The molecule has 2 heterocycles. The van der Waals surface area contributed by atoms with Crippen molar-refractivity contribution in [2.75, 3.05) is 19.0 Å². The fraction of sp³-hybridized carbons (Fsp3) is 0.520. The van der Waals surface area contributed by atoms with Crippen LogP contribution in [-0.2, 0) is 20.8 Å². The Bertz CT molecular complexity index is 1050. The van der Waals surface area contributed by atoms with Crippen LogP contribution < -0.4 is 10.6 Å². The van der Waals surface area contributed by atoms with E-state index in [1.165, 1.54) is 4.90 Å². The van der Waals surface area contributed by atoms with Crippen molar-refractivity contribution in [1.29, 1.82) is 0 Å². The summed E-state index contributed by atoms with van der Waals surface area (Å²) in [6.07, 6.45) is -0.0181. The van der Waals surface area contributed by atoms with Gasteiger partial charge in [0.1, 0.15) is 18.0 Å². The van der Waals surface area contributed by atoms with Crippen LogP contribution in [0.25, 0.3) is 10.4 Å². The molecule has 1 saturated heterocycles. The average molecular weight is 521 g/mol. The van der Waals surface area contributed by atoms with Crippen molar-refractivity contribution in [3.8, 4) is 10.4 Å². The first-order valence-corrected chi connectivity index (χ1v) is 13.0. The van der Waals surface area contributed by atoms with Crippen molar-refractivity contribution in [1.82, 2.24) is 20.5 Å².